The zero-order valence-electron chi connectivity index (χ0n) is 6.14. The second-order valence-corrected chi connectivity index (χ2v) is 2.87. The van der Waals surface area contributed by atoms with Gasteiger partial charge in [0.15, 0.2) is 0 Å². The van der Waals surface area contributed by atoms with Gasteiger partial charge in [0, 0.05) is 0 Å². The van der Waals surface area contributed by atoms with Gasteiger partial charge in [0.05, 0.1) is 0 Å². The Hall–Kier alpha value is 0.557. The number of nitrogens with zero attached hydrogens (tertiary/aromatic N) is 1. The molecule has 0 aromatic rings. The van der Waals surface area contributed by atoms with E-state index < -0.39 is 0 Å². The van der Waals surface area contributed by atoms with E-state index in [4.69, 9.17) is 0 Å². The van der Waals surface area contributed by atoms with E-state index in [1.807, 2.05) is 0 Å². The SMILES string of the molecule is [CH-]1CN2CCC1CC2.[Li+]. The number of hydrogen-bond donors (Lipinski definition) is 0. The van der Waals surface area contributed by atoms with E-state index in [0.717, 1.165) is 5.92 Å². The summed E-state index contributed by atoms with van der Waals surface area (Å²) in [6, 6.07) is 0. The fourth-order valence-electron chi connectivity index (χ4n) is 1.67. The molecule has 3 heterocycles. The number of hydrogen-bond acceptors (Lipinski definition) is 1. The second-order valence-electron chi connectivity index (χ2n) is 2.87. The minimum Gasteiger partial charge on any atom is -0.333 e. The van der Waals surface area contributed by atoms with Gasteiger partial charge in [0.2, 0.25) is 0 Å². The van der Waals surface area contributed by atoms with Crippen LogP contribution in [0.3, 0.4) is 0 Å². The third-order valence-electron chi connectivity index (χ3n) is 2.33. The smallest absolute Gasteiger partial charge is 0.333 e. The van der Waals surface area contributed by atoms with Crippen molar-refractivity contribution in [3.63, 3.8) is 0 Å². The average molecular weight is 117 g/mol. The Bertz CT molecular complexity index is 63.9. The summed E-state index contributed by atoms with van der Waals surface area (Å²) in [5, 5.41) is 0. The van der Waals surface area contributed by atoms with Crippen molar-refractivity contribution < 1.29 is 18.9 Å². The predicted octanol–water partition coefficient (Wildman–Crippen LogP) is -2.08. The van der Waals surface area contributed by atoms with Gasteiger partial charge in [-0.2, -0.15) is 5.92 Å². The van der Waals surface area contributed by atoms with E-state index in [-0.39, 0.29) is 18.9 Å². The van der Waals surface area contributed by atoms with Crippen LogP contribution in [0.2, 0.25) is 0 Å². The minimum atomic E-state index is 0. The van der Waals surface area contributed by atoms with Crippen LogP contribution >= 0.6 is 0 Å². The molecule has 0 spiro atoms. The maximum Gasteiger partial charge on any atom is 1.00 e. The van der Waals surface area contributed by atoms with E-state index in [1.54, 1.807) is 0 Å². The van der Waals surface area contributed by atoms with Crippen LogP contribution < -0.4 is 18.9 Å². The molecule has 0 radical (unpaired) electrons. The van der Waals surface area contributed by atoms with Gasteiger partial charge >= 0.3 is 18.9 Å². The first-order valence-electron chi connectivity index (χ1n) is 3.51. The first-order valence-corrected chi connectivity index (χ1v) is 3.51. The summed E-state index contributed by atoms with van der Waals surface area (Å²) < 4.78 is 0. The quantitative estimate of drug-likeness (QED) is 0.260. The van der Waals surface area contributed by atoms with Gasteiger partial charge in [-0.15, -0.1) is 6.54 Å². The molecule has 0 aliphatic carbocycles. The van der Waals surface area contributed by atoms with Crippen molar-refractivity contribution in [2.24, 2.45) is 5.92 Å². The third kappa shape index (κ3) is 1.52. The molecule has 3 fully saturated rings. The average Bonchev–Trinajstić information content (AvgIpc) is 1.92. The van der Waals surface area contributed by atoms with Crippen LogP contribution in [0.15, 0.2) is 0 Å². The van der Waals surface area contributed by atoms with Crippen LogP contribution in [0, 0.1) is 12.3 Å². The number of piperidine rings is 3. The van der Waals surface area contributed by atoms with Crippen LogP contribution in [-0.4, -0.2) is 24.5 Å². The molecule has 3 rings (SSSR count). The first kappa shape index (κ1) is 7.66. The molecule has 2 bridgehead atoms. The zero-order chi connectivity index (χ0) is 5.40. The van der Waals surface area contributed by atoms with Crippen molar-refractivity contribution in [3.05, 3.63) is 6.42 Å². The molecule has 3 aliphatic heterocycles. The molecule has 3 saturated heterocycles. The van der Waals surface area contributed by atoms with E-state index in [9.17, 15) is 0 Å². The molecule has 46 valence electrons. The molecular weight excluding hydrogens is 105 g/mol. The second kappa shape index (κ2) is 3.10. The summed E-state index contributed by atoms with van der Waals surface area (Å²) in [6.07, 6.45) is 5.33. The standard InChI is InChI=1S/C7H12N.Li/c1-4-8-5-2-7(1)3-6-8;/h1,7H,2-6H2;/q-1;+1. The van der Waals surface area contributed by atoms with Crippen LogP contribution in [0.1, 0.15) is 12.8 Å². The Labute approximate surface area is 69.0 Å². The van der Waals surface area contributed by atoms with Crippen LogP contribution in [-0.2, 0) is 0 Å². The van der Waals surface area contributed by atoms with Gasteiger partial charge in [-0.25, -0.2) is 0 Å². The Morgan fingerprint density at radius 1 is 1.22 bits per heavy atom. The molecular formula is C7H12LiN. The van der Waals surface area contributed by atoms with E-state index in [1.165, 1.54) is 32.5 Å². The summed E-state index contributed by atoms with van der Waals surface area (Å²) >= 11 is 0. The first-order chi connectivity index (χ1) is 3.95. The Balaban J connectivity index is 0.000000405. The Morgan fingerprint density at radius 3 is 2.00 bits per heavy atom. The van der Waals surface area contributed by atoms with Crippen molar-refractivity contribution in [2.45, 2.75) is 12.8 Å². The van der Waals surface area contributed by atoms with Crippen molar-refractivity contribution in [3.8, 4) is 0 Å². The fraction of sp³-hybridized carbons (Fsp3) is 0.857. The summed E-state index contributed by atoms with van der Waals surface area (Å²) in [5.41, 5.74) is 0. The molecule has 0 aromatic carbocycles. The van der Waals surface area contributed by atoms with Gasteiger partial charge in [0.1, 0.15) is 0 Å². The summed E-state index contributed by atoms with van der Waals surface area (Å²) in [7, 11) is 0. The number of fused-ring (bicyclic) bond motifs is 3. The molecule has 3 aliphatic rings. The van der Waals surface area contributed by atoms with Gasteiger partial charge in [-0.05, 0) is 13.1 Å². The fourth-order valence-corrected chi connectivity index (χ4v) is 1.67. The maximum atomic E-state index is 2.53. The number of rotatable bonds is 0. The van der Waals surface area contributed by atoms with Crippen molar-refractivity contribution >= 4 is 0 Å². The van der Waals surface area contributed by atoms with Gasteiger partial charge in [0.25, 0.3) is 0 Å². The van der Waals surface area contributed by atoms with Crippen molar-refractivity contribution in [2.75, 3.05) is 19.6 Å². The summed E-state index contributed by atoms with van der Waals surface area (Å²) in [5.74, 6) is 0.986. The molecule has 0 atom stereocenters. The van der Waals surface area contributed by atoms with Crippen molar-refractivity contribution in [1.82, 2.24) is 4.90 Å². The zero-order valence-corrected chi connectivity index (χ0v) is 6.14. The van der Waals surface area contributed by atoms with Crippen LogP contribution in [0.25, 0.3) is 0 Å². The monoisotopic (exact) mass is 117 g/mol. The van der Waals surface area contributed by atoms with E-state index in [0.29, 0.717) is 0 Å². The van der Waals surface area contributed by atoms with Crippen LogP contribution in [0.5, 0.6) is 0 Å². The van der Waals surface area contributed by atoms with Crippen LogP contribution in [0.4, 0.5) is 0 Å². The van der Waals surface area contributed by atoms with Gasteiger partial charge in [-0.1, -0.05) is 12.8 Å². The van der Waals surface area contributed by atoms with Crippen molar-refractivity contribution in [1.29, 1.82) is 0 Å². The topological polar surface area (TPSA) is 3.24 Å². The largest absolute Gasteiger partial charge is 1.00 e. The molecule has 0 aromatic heterocycles. The third-order valence-corrected chi connectivity index (χ3v) is 2.33. The molecule has 0 unspecified atom stereocenters. The summed E-state index contributed by atoms with van der Waals surface area (Å²) in [6.45, 7) is 3.99. The molecule has 2 heteroatoms. The Morgan fingerprint density at radius 2 is 1.89 bits per heavy atom. The predicted molar refractivity (Wildman–Crippen MR) is 33.5 cm³/mol. The molecule has 1 nitrogen and oxygen atoms in total. The normalized spacial score (nSPS) is 40.0. The molecule has 0 amide bonds. The van der Waals surface area contributed by atoms with E-state index >= 15 is 0 Å². The summed E-state index contributed by atoms with van der Waals surface area (Å²) in [4.78, 5) is 2.53. The van der Waals surface area contributed by atoms with E-state index in [2.05, 4.69) is 11.3 Å². The maximum absolute atomic E-state index is 2.53. The molecule has 0 N–H and O–H groups in total. The van der Waals surface area contributed by atoms with Gasteiger partial charge < -0.3 is 11.3 Å². The Kier molecular flexibility index (Phi) is 2.64. The molecule has 9 heavy (non-hydrogen) atoms. The van der Waals surface area contributed by atoms with Gasteiger partial charge in [-0.3, -0.25) is 0 Å². The minimum absolute atomic E-state index is 0. The molecule has 0 saturated carbocycles.